The van der Waals surface area contributed by atoms with Gasteiger partial charge in [-0.3, -0.25) is 0 Å². The molecule has 0 radical (unpaired) electrons. The third-order valence-corrected chi connectivity index (χ3v) is 2.94. The number of rotatable bonds is 7. The van der Waals surface area contributed by atoms with Crippen LogP contribution in [0, 0.1) is 0 Å². The van der Waals surface area contributed by atoms with Gasteiger partial charge in [0, 0.05) is 6.42 Å². The fourth-order valence-electron chi connectivity index (χ4n) is 1.94. The van der Waals surface area contributed by atoms with E-state index < -0.39 is 0 Å². The van der Waals surface area contributed by atoms with Crippen molar-refractivity contribution in [3.63, 3.8) is 0 Å². The molecule has 1 aromatic heterocycles. The molecule has 2 heteroatoms. The number of nitrogens with zero attached hydrogens (tertiary/aromatic N) is 2. The van der Waals surface area contributed by atoms with E-state index in [1.807, 2.05) is 0 Å². The number of imidazole rings is 1. The molecule has 86 valence electrons. The maximum Gasteiger partial charge on any atom is 0.256 e. The average Bonchev–Trinajstić information content (AvgIpc) is 2.65. The van der Waals surface area contributed by atoms with Crippen molar-refractivity contribution in [2.75, 3.05) is 0 Å². The summed E-state index contributed by atoms with van der Waals surface area (Å²) in [6, 6.07) is 0. The summed E-state index contributed by atoms with van der Waals surface area (Å²) in [7, 11) is 0. The molecule has 0 aliphatic heterocycles. The molecule has 15 heavy (non-hydrogen) atoms. The molecular formula is C13H25N2+. The van der Waals surface area contributed by atoms with E-state index in [0.717, 1.165) is 6.54 Å². The van der Waals surface area contributed by atoms with Crippen molar-refractivity contribution in [2.45, 2.75) is 66.0 Å². The van der Waals surface area contributed by atoms with Crippen LogP contribution in [0.25, 0.3) is 0 Å². The molecule has 0 unspecified atom stereocenters. The van der Waals surface area contributed by atoms with Crippen molar-refractivity contribution in [3.8, 4) is 0 Å². The van der Waals surface area contributed by atoms with Crippen LogP contribution in [0.15, 0.2) is 12.4 Å². The van der Waals surface area contributed by atoms with Crippen LogP contribution in [0.4, 0.5) is 0 Å². The van der Waals surface area contributed by atoms with Gasteiger partial charge in [-0.2, -0.15) is 0 Å². The number of unbranched alkanes of at least 4 members (excludes halogenated alkanes) is 2. The zero-order chi connectivity index (χ0) is 11.1. The highest BCUT2D eigenvalue weighted by Crippen LogP contribution is 2.03. The zero-order valence-corrected chi connectivity index (χ0v) is 10.5. The molecule has 0 aromatic carbocycles. The molecule has 1 aromatic rings. The van der Waals surface area contributed by atoms with E-state index >= 15 is 0 Å². The number of hydrogen-bond acceptors (Lipinski definition) is 0. The largest absolute Gasteiger partial charge is 0.256 e. The predicted molar refractivity (Wildman–Crippen MR) is 63.8 cm³/mol. The van der Waals surface area contributed by atoms with Gasteiger partial charge in [-0.15, -0.1) is 0 Å². The zero-order valence-electron chi connectivity index (χ0n) is 10.5. The van der Waals surface area contributed by atoms with Crippen molar-refractivity contribution >= 4 is 0 Å². The van der Waals surface area contributed by atoms with Gasteiger partial charge in [0.05, 0.1) is 13.1 Å². The first-order valence-electron chi connectivity index (χ1n) is 6.40. The second kappa shape index (κ2) is 6.65. The summed E-state index contributed by atoms with van der Waals surface area (Å²) in [4.78, 5) is 0. The van der Waals surface area contributed by atoms with Crippen LogP contribution in [0.2, 0.25) is 0 Å². The maximum absolute atomic E-state index is 2.43. The molecule has 0 aliphatic carbocycles. The first kappa shape index (κ1) is 12.3. The molecule has 0 spiro atoms. The van der Waals surface area contributed by atoms with Crippen LogP contribution in [0.3, 0.4) is 0 Å². The lowest BCUT2D eigenvalue weighted by molar-refractivity contribution is -0.704. The predicted octanol–water partition coefficient (Wildman–Crippen LogP) is 2.94. The number of aromatic nitrogens is 2. The molecule has 0 amide bonds. The van der Waals surface area contributed by atoms with Crippen LogP contribution in [0.5, 0.6) is 0 Å². The molecular weight excluding hydrogens is 184 g/mol. The Morgan fingerprint density at radius 2 is 1.87 bits per heavy atom. The Balaban J connectivity index is 2.70. The van der Waals surface area contributed by atoms with Crippen molar-refractivity contribution in [3.05, 3.63) is 18.2 Å². The third kappa shape index (κ3) is 3.37. The monoisotopic (exact) mass is 209 g/mol. The second-order valence-corrected chi connectivity index (χ2v) is 4.15. The first-order chi connectivity index (χ1) is 7.33. The SMILES string of the molecule is CCCCc1n(CC)cc[n+]1CCCC. The summed E-state index contributed by atoms with van der Waals surface area (Å²) in [5.41, 5.74) is 0. The molecule has 0 saturated carbocycles. The number of hydrogen-bond donors (Lipinski definition) is 0. The molecule has 0 saturated heterocycles. The molecule has 1 rings (SSSR count). The first-order valence-corrected chi connectivity index (χ1v) is 6.40. The van der Waals surface area contributed by atoms with Gasteiger partial charge in [0.15, 0.2) is 0 Å². The Hall–Kier alpha value is -0.790. The minimum Gasteiger partial charge on any atom is -0.235 e. The van der Waals surface area contributed by atoms with Crippen LogP contribution in [-0.2, 0) is 19.5 Å². The van der Waals surface area contributed by atoms with Gasteiger partial charge in [0.25, 0.3) is 5.82 Å². The second-order valence-electron chi connectivity index (χ2n) is 4.15. The molecule has 0 aliphatic rings. The summed E-state index contributed by atoms with van der Waals surface area (Å²) in [5, 5.41) is 0. The van der Waals surface area contributed by atoms with Gasteiger partial charge in [-0.1, -0.05) is 26.7 Å². The topological polar surface area (TPSA) is 8.81 Å². The van der Waals surface area contributed by atoms with E-state index in [9.17, 15) is 0 Å². The maximum atomic E-state index is 2.43. The van der Waals surface area contributed by atoms with E-state index in [0.29, 0.717) is 0 Å². The number of aryl methyl sites for hydroxylation is 2. The van der Waals surface area contributed by atoms with Crippen molar-refractivity contribution in [1.82, 2.24) is 4.57 Å². The Morgan fingerprint density at radius 3 is 2.47 bits per heavy atom. The lowest BCUT2D eigenvalue weighted by Gasteiger charge is -2.02. The third-order valence-electron chi connectivity index (χ3n) is 2.94. The van der Waals surface area contributed by atoms with E-state index in [2.05, 4.69) is 42.3 Å². The Kier molecular flexibility index (Phi) is 5.44. The highest BCUT2D eigenvalue weighted by atomic mass is 15.1. The summed E-state index contributed by atoms with van der Waals surface area (Å²) < 4.78 is 4.81. The van der Waals surface area contributed by atoms with Gasteiger partial charge in [0.1, 0.15) is 12.4 Å². The van der Waals surface area contributed by atoms with Crippen LogP contribution in [-0.4, -0.2) is 4.57 Å². The smallest absolute Gasteiger partial charge is 0.235 e. The summed E-state index contributed by atoms with van der Waals surface area (Å²) >= 11 is 0. The lowest BCUT2D eigenvalue weighted by Crippen LogP contribution is -2.37. The minimum absolute atomic E-state index is 1.10. The van der Waals surface area contributed by atoms with E-state index in [1.165, 1.54) is 44.5 Å². The Labute approximate surface area is 93.9 Å². The van der Waals surface area contributed by atoms with Crippen molar-refractivity contribution in [2.24, 2.45) is 0 Å². The highest BCUT2D eigenvalue weighted by molar-refractivity contribution is 4.83. The Bertz CT molecular complexity index is 276. The van der Waals surface area contributed by atoms with Gasteiger partial charge in [-0.05, 0) is 19.8 Å². The molecule has 0 atom stereocenters. The van der Waals surface area contributed by atoms with E-state index in [-0.39, 0.29) is 0 Å². The summed E-state index contributed by atoms with van der Waals surface area (Å²) in [5.74, 6) is 1.51. The van der Waals surface area contributed by atoms with E-state index in [1.54, 1.807) is 0 Å². The van der Waals surface area contributed by atoms with Crippen LogP contribution >= 0.6 is 0 Å². The van der Waals surface area contributed by atoms with Crippen LogP contribution < -0.4 is 4.57 Å². The van der Waals surface area contributed by atoms with Gasteiger partial charge in [-0.25, -0.2) is 9.13 Å². The van der Waals surface area contributed by atoms with E-state index in [4.69, 9.17) is 0 Å². The molecule has 0 bridgehead atoms. The molecule has 0 N–H and O–H groups in total. The lowest BCUT2D eigenvalue weighted by atomic mass is 10.2. The van der Waals surface area contributed by atoms with Crippen molar-refractivity contribution in [1.29, 1.82) is 0 Å². The average molecular weight is 209 g/mol. The normalized spacial score (nSPS) is 10.9. The molecule has 1 heterocycles. The van der Waals surface area contributed by atoms with Gasteiger partial charge >= 0.3 is 0 Å². The summed E-state index contributed by atoms with van der Waals surface area (Å²) in [6.07, 6.45) is 10.8. The minimum atomic E-state index is 1.10. The molecule has 2 nitrogen and oxygen atoms in total. The van der Waals surface area contributed by atoms with Gasteiger partial charge in [0.2, 0.25) is 0 Å². The fraction of sp³-hybridized carbons (Fsp3) is 0.769. The highest BCUT2D eigenvalue weighted by Gasteiger charge is 2.14. The molecule has 0 fully saturated rings. The van der Waals surface area contributed by atoms with Crippen LogP contribution in [0.1, 0.15) is 52.3 Å². The quantitative estimate of drug-likeness (QED) is 0.611. The Morgan fingerprint density at radius 1 is 1.13 bits per heavy atom. The summed E-state index contributed by atoms with van der Waals surface area (Å²) in [6.45, 7) is 9.01. The van der Waals surface area contributed by atoms with Gasteiger partial charge < -0.3 is 0 Å². The standard InChI is InChI=1S/C13H25N2/c1-4-7-9-13-14(6-3)11-12-15(13)10-8-5-2/h11-12H,4-10H2,1-3H3/q+1. The fourth-order valence-corrected chi connectivity index (χ4v) is 1.94. The van der Waals surface area contributed by atoms with Crippen molar-refractivity contribution < 1.29 is 4.57 Å².